The van der Waals surface area contributed by atoms with Gasteiger partial charge in [0.1, 0.15) is 0 Å². The van der Waals surface area contributed by atoms with Crippen molar-refractivity contribution in [2.45, 2.75) is 63.5 Å². The fourth-order valence-electron chi connectivity index (χ4n) is 5.28. The first-order chi connectivity index (χ1) is 13.7. The number of aryl methyl sites for hydroxylation is 1. The zero-order valence-corrected chi connectivity index (χ0v) is 17.2. The third-order valence-corrected chi connectivity index (χ3v) is 7.87. The van der Waals surface area contributed by atoms with Crippen molar-refractivity contribution in [3.63, 3.8) is 0 Å². The van der Waals surface area contributed by atoms with Crippen LogP contribution in [-0.2, 0) is 0 Å². The van der Waals surface area contributed by atoms with Gasteiger partial charge in [-0.05, 0) is 60.7 Å². The van der Waals surface area contributed by atoms with Gasteiger partial charge in [0.25, 0.3) is 5.91 Å². The van der Waals surface area contributed by atoms with Gasteiger partial charge >= 0.3 is 0 Å². The topological polar surface area (TPSA) is 41.1 Å². The molecule has 1 aromatic carbocycles. The molecule has 3 aliphatic rings. The summed E-state index contributed by atoms with van der Waals surface area (Å²) in [7, 11) is 0. The van der Waals surface area contributed by atoms with Gasteiger partial charge in [0.15, 0.2) is 0 Å². The zero-order valence-electron chi connectivity index (χ0n) is 16.4. The highest BCUT2D eigenvalue weighted by atomic mass is 32.1. The molecule has 2 heterocycles. The average molecular weight is 393 g/mol. The Morgan fingerprint density at radius 2 is 2.04 bits per heavy atom. The van der Waals surface area contributed by atoms with Crippen LogP contribution in [0.15, 0.2) is 41.8 Å². The highest BCUT2D eigenvalue weighted by Gasteiger charge is 2.40. The van der Waals surface area contributed by atoms with E-state index in [2.05, 4.69) is 53.3 Å². The van der Waals surface area contributed by atoms with Gasteiger partial charge in [-0.1, -0.05) is 43.5 Å². The van der Waals surface area contributed by atoms with E-state index in [9.17, 15) is 4.79 Å². The normalized spacial score (nSPS) is 26.4. The molecule has 3 unspecified atom stereocenters. The largest absolute Gasteiger partial charge is 0.376 e. The van der Waals surface area contributed by atoms with Crippen molar-refractivity contribution < 1.29 is 4.79 Å². The monoisotopic (exact) mass is 392 g/mol. The second kappa shape index (κ2) is 7.40. The molecular formula is C24H28N2OS. The molecule has 3 atom stereocenters. The first-order valence-corrected chi connectivity index (χ1v) is 11.5. The lowest BCUT2D eigenvalue weighted by Crippen LogP contribution is -2.37. The lowest BCUT2D eigenvalue weighted by Gasteiger charge is -2.38. The maximum absolute atomic E-state index is 13.2. The van der Waals surface area contributed by atoms with Crippen LogP contribution in [0.2, 0.25) is 0 Å². The predicted molar refractivity (Wildman–Crippen MR) is 116 cm³/mol. The molecule has 5 rings (SSSR count). The fraction of sp³-hybridized carbons (Fsp3) is 0.458. The number of carbonyl (C=O) groups excluding carboxylic acids is 1. The molecule has 2 aromatic rings. The molecule has 2 aliphatic carbocycles. The summed E-state index contributed by atoms with van der Waals surface area (Å²) in [6, 6.07) is 9.05. The van der Waals surface area contributed by atoms with Crippen LogP contribution in [0.4, 0.5) is 5.69 Å². The minimum absolute atomic E-state index is 0.0818. The SMILES string of the molecule is Cc1ccsc1C1Nc2c(C(=O)NC3CCCCC3)cccc2C2C=CCC21. The number of benzene rings is 1. The van der Waals surface area contributed by atoms with E-state index in [1.54, 1.807) is 0 Å². The maximum atomic E-state index is 13.2. The minimum Gasteiger partial charge on any atom is -0.376 e. The van der Waals surface area contributed by atoms with Crippen molar-refractivity contribution in [1.82, 2.24) is 5.32 Å². The zero-order chi connectivity index (χ0) is 19.1. The third-order valence-electron chi connectivity index (χ3n) is 6.77. The highest BCUT2D eigenvalue weighted by molar-refractivity contribution is 7.10. The van der Waals surface area contributed by atoms with Crippen LogP contribution in [0.5, 0.6) is 0 Å². The van der Waals surface area contributed by atoms with E-state index < -0.39 is 0 Å². The number of thiophene rings is 1. The van der Waals surface area contributed by atoms with Crippen LogP contribution in [0, 0.1) is 12.8 Å². The van der Waals surface area contributed by atoms with Gasteiger partial charge < -0.3 is 10.6 Å². The second-order valence-electron chi connectivity index (χ2n) is 8.52. The van der Waals surface area contributed by atoms with Crippen LogP contribution < -0.4 is 10.6 Å². The molecule has 4 heteroatoms. The first-order valence-electron chi connectivity index (χ1n) is 10.6. The van der Waals surface area contributed by atoms with Crippen molar-refractivity contribution in [1.29, 1.82) is 0 Å². The van der Waals surface area contributed by atoms with Crippen molar-refractivity contribution in [2.75, 3.05) is 5.32 Å². The Bertz CT molecular complexity index is 909. The van der Waals surface area contributed by atoms with Crippen LogP contribution >= 0.6 is 11.3 Å². The van der Waals surface area contributed by atoms with Crippen molar-refractivity contribution in [2.24, 2.45) is 5.92 Å². The summed E-state index contributed by atoms with van der Waals surface area (Å²) in [5.41, 5.74) is 4.48. The molecule has 0 spiro atoms. The van der Waals surface area contributed by atoms with Crippen LogP contribution in [0.1, 0.15) is 76.8 Å². The summed E-state index contributed by atoms with van der Waals surface area (Å²) in [5, 5.41) is 9.30. The highest BCUT2D eigenvalue weighted by Crippen LogP contribution is 2.51. The van der Waals surface area contributed by atoms with Gasteiger partial charge in [-0.3, -0.25) is 4.79 Å². The van der Waals surface area contributed by atoms with Crippen LogP contribution in [-0.4, -0.2) is 11.9 Å². The second-order valence-corrected chi connectivity index (χ2v) is 9.47. The summed E-state index contributed by atoms with van der Waals surface area (Å²) >= 11 is 1.83. The third kappa shape index (κ3) is 3.08. The lowest BCUT2D eigenvalue weighted by atomic mass is 9.77. The number of hydrogen-bond donors (Lipinski definition) is 2. The van der Waals surface area contributed by atoms with Gasteiger partial charge in [-0.2, -0.15) is 0 Å². The molecule has 146 valence electrons. The van der Waals surface area contributed by atoms with Crippen LogP contribution in [0.25, 0.3) is 0 Å². The maximum Gasteiger partial charge on any atom is 0.253 e. The average Bonchev–Trinajstić information content (AvgIpc) is 3.37. The molecule has 0 saturated heterocycles. The number of para-hydroxylation sites is 1. The summed E-state index contributed by atoms with van der Waals surface area (Å²) in [4.78, 5) is 14.6. The number of carbonyl (C=O) groups is 1. The molecule has 0 radical (unpaired) electrons. The summed E-state index contributed by atoms with van der Waals surface area (Å²) in [5.74, 6) is 1.00. The van der Waals surface area contributed by atoms with E-state index in [0.29, 0.717) is 17.9 Å². The standard InChI is InChI=1S/C24H28N2OS/c1-15-13-14-28-23(15)22-19-11-5-9-17(19)18-10-6-12-20(21(18)26-22)24(27)25-16-7-3-2-4-8-16/h5-6,9-10,12-14,16-17,19,22,26H,2-4,7-8,11H2,1H3,(H,25,27). The number of nitrogens with one attached hydrogen (secondary N) is 2. The molecule has 1 saturated carbocycles. The first kappa shape index (κ1) is 18.0. The van der Waals surface area contributed by atoms with Gasteiger partial charge in [-0.25, -0.2) is 0 Å². The molecular weight excluding hydrogens is 364 g/mol. The number of allylic oxidation sites excluding steroid dienone is 2. The summed E-state index contributed by atoms with van der Waals surface area (Å²) in [6.45, 7) is 2.20. The van der Waals surface area contributed by atoms with E-state index in [4.69, 9.17) is 0 Å². The molecule has 2 N–H and O–H groups in total. The Balaban J connectivity index is 1.49. The molecule has 0 bridgehead atoms. The lowest BCUT2D eigenvalue weighted by molar-refractivity contribution is 0.0928. The molecule has 1 aromatic heterocycles. The Hall–Kier alpha value is -2.07. The Morgan fingerprint density at radius 1 is 1.18 bits per heavy atom. The molecule has 1 aliphatic heterocycles. The Kier molecular flexibility index (Phi) is 4.75. The minimum atomic E-state index is 0.0818. The Morgan fingerprint density at radius 3 is 2.82 bits per heavy atom. The van der Waals surface area contributed by atoms with E-state index in [1.807, 2.05) is 17.4 Å². The number of rotatable bonds is 3. The summed E-state index contributed by atoms with van der Waals surface area (Å²) < 4.78 is 0. The molecule has 1 fully saturated rings. The quantitative estimate of drug-likeness (QED) is 0.634. The van der Waals surface area contributed by atoms with Crippen molar-refractivity contribution >= 4 is 22.9 Å². The molecule has 3 nitrogen and oxygen atoms in total. The molecule has 28 heavy (non-hydrogen) atoms. The number of hydrogen-bond acceptors (Lipinski definition) is 3. The van der Waals surface area contributed by atoms with E-state index >= 15 is 0 Å². The van der Waals surface area contributed by atoms with E-state index in [-0.39, 0.29) is 11.9 Å². The van der Waals surface area contributed by atoms with Crippen molar-refractivity contribution in [3.8, 4) is 0 Å². The smallest absolute Gasteiger partial charge is 0.253 e. The van der Waals surface area contributed by atoms with E-state index in [0.717, 1.165) is 30.5 Å². The molecule has 1 amide bonds. The number of amides is 1. The van der Waals surface area contributed by atoms with E-state index in [1.165, 1.54) is 35.3 Å². The van der Waals surface area contributed by atoms with Gasteiger partial charge in [0.2, 0.25) is 0 Å². The number of anilines is 1. The number of fused-ring (bicyclic) bond motifs is 3. The summed E-state index contributed by atoms with van der Waals surface area (Å²) in [6.07, 6.45) is 11.7. The van der Waals surface area contributed by atoms with Crippen molar-refractivity contribution in [3.05, 3.63) is 63.4 Å². The van der Waals surface area contributed by atoms with Crippen LogP contribution in [0.3, 0.4) is 0 Å². The Labute approximate surface area is 171 Å². The fourth-order valence-corrected chi connectivity index (χ4v) is 6.34. The van der Waals surface area contributed by atoms with Gasteiger partial charge in [0, 0.05) is 16.8 Å². The van der Waals surface area contributed by atoms with Gasteiger partial charge in [-0.15, -0.1) is 11.3 Å². The predicted octanol–water partition coefficient (Wildman–Crippen LogP) is 5.95. The van der Waals surface area contributed by atoms with Gasteiger partial charge in [0.05, 0.1) is 17.3 Å².